The molecule has 3 nitrogen and oxygen atoms in total. The van der Waals surface area contributed by atoms with Gasteiger partial charge in [-0.1, -0.05) is 91.0 Å². The van der Waals surface area contributed by atoms with Crippen molar-refractivity contribution in [2.45, 2.75) is 12.0 Å². The van der Waals surface area contributed by atoms with E-state index in [1.54, 1.807) is 0 Å². The summed E-state index contributed by atoms with van der Waals surface area (Å²) in [7, 11) is 0. The van der Waals surface area contributed by atoms with Crippen molar-refractivity contribution in [3.8, 4) is 28.4 Å². The lowest BCUT2D eigenvalue weighted by atomic mass is 9.82. The lowest BCUT2D eigenvalue weighted by molar-refractivity contribution is 0.161. The van der Waals surface area contributed by atoms with Crippen molar-refractivity contribution in [1.29, 1.82) is 0 Å². The molecule has 0 spiro atoms. The molecule has 8 rings (SSSR count). The van der Waals surface area contributed by atoms with Crippen LogP contribution >= 0.6 is 0 Å². The van der Waals surface area contributed by atoms with Crippen LogP contribution in [0.4, 0.5) is 0 Å². The van der Waals surface area contributed by atoms with Crippen LogP contribution in [0.2, 0.25) is 0 Å². The molecule has 3 heteroatoms. The number of hydrogen-bond acceptors (Lipinski definition) is 3. The molecular formula is C34H24O3. The van der Waals surface area contributed by atoms with Gasteiger partial charge in [0.05, 0.1) is 0 Å². The number of fused-ring (bicyclic) bond motifs is 10. The molecule has 0 atom stereocenters. The minimum Gasteiger partial charge on any atom is -0.486 e. The molecule has 0 N–H and O–H groups in total. The van der Waals surface area contributed by atoms with E-state index in [1.165, 1.54) is 27.6 Å². The second kappa shape index (κ2) is 7.75. The van der Waals surface area contributed by atoms with Gasteiger partial charge in [0.1, 0.15) is 19.0 Å². The summed E-state index contributed by atoms with van der Waals surface area (Å²) in [6.45, 7) is 1.11. The summed E-state index contributed by atoms with van der Waals surface area (Å²) >= 11 is 0. The van der Waals surface area contributed by atoms with Crippen LogP contribution in [0, 0.1) is 0 Å². The molecule has 0 saturated heterocycles. The van der Waals surface area contributed by atoms with E-state index < -0.39 is 5.60 Å². The van der Waals surface area contributed by atoms with E-state index in [0.717, 1.165) is 45.7 Å². The molecule has 2 aliphatic heterocycles. The van der Waals surface area contributed by atoms with Gasteiger partial charge in [-0.3, -0.25) is 0 Å². The van der Waals surface area contributed by atoms with Crippen LogP contribution in [-0.2, 0) is 12.0 Å². The van der Waals surface area contributed by atoms with Crippen molar-refractivity contribution >= 4 is 16.8 Å². The molecule has 0 fully saturated rings. The average molecular weight is 481 g/mol. The summed E-state index contributed by atoms with van der Waals surface area (Å²) in [5.74, 6) is 2.52. The molecule has 2 heterocycles. The quantitative estimate of drug-likeness (QED) is 0.256. The highest BCUT2D eigenvalue weighted by Crippen LogP contribution is 2.56. The fourth-order valence-electron chi connectivity index (χ4n) is 6.24. The Labute approximate surface area is 215 Å². The first-order chi connectivity index (χ1) is 18.3. The Hall–Kier alpha value is -4.50. The molecular weight excluding hydrogens is 456 g/mol. The van der Waals surface area contributed by atoms with E-state index in [4.69, 9.17) is 14.2 Å². The van der Waals surface area contributed by atoms with Crippen LogP contribution in [0.15, 0.2) is 103 Å². The van der Waals surface area contributed by atoms with Crippen LogP contribution in [-0.4, -0.2) is 13.2 Å². The summed E-state index contributed by atoms with van der Waals surface area (Å²) < 4.78 is 19.5. The number of ether oxygens (including phenoxy) is 3. The minimum atomic E-state index is -0.749. The maximum absolute atomic E-state index is 7.31. The zero-order chi connectivity index (χ0) is 24.4. The number of hydrogen-bond donors (Lipinski definition) is 0. The van der Waals surface area contributed by atoms with Crippen molar-refractivity contribution in [3.05, 3.63) is 131 Å². The van der Waals surface area contributed by atoms with Crippen molar-refractivity contribution in [1.82, 2.24) is 0 Å². The van der Waals surface area contributed by atoms with Gasteiger partial charge in [0.15, 0.2) is 17.1 Å². The first-order valence-electron chi connectivity index (χ1n) is 12.8. The van der Waals surface area contributed by atoms with Crippen LogP contribution < -0.4 is 14.2 Å². The molecule has 0 unspecified atom stereocenters. The Bertz CT molecular complexity index is 1680. The topological polar surface area (TPSA) is 27.7 Å². The summed E-state index contributed by atoms with van der Waals surface area (Å²) in [5.41, 5.74) is 7.54. The molecule has 178 valence electrons. The Morgan fingerprint density at radius 3 is 2.14 bits per heavy atom. The highest BCUT2D eigenvalue weighted by atomic mass is 16.6. The summed E-state index contributed by atoms with van der Waals surface area (Å²) in [5, 5.41) is 2.28. The van der Waals surface area contributed by atoms with E-state index in [9.17, 15) is 0 Å². The predicted octanol–water partition coefficient (Wildman–Crippen LogP) is 7.53. The fraction of sp³-hybridized carbons (Fsp3) is 0.118. The zero-order valence-corrected chi connectivity index (χ0v) is 20.2. The van der Waals surface area contributed by atoms with Crippen molar-refractivity contribution in [2.75, 3.05) is 13.2 Å². The Kier molecular flexibility index (Phi) is 4.33. The molecule has 3 aliphatic rings. The van der Waals surface area contributed by atoms with Gasteiger partial charge in [-0.2, -0.15) is 0 Å². The lowest BCUT2D eigenvalue weighted by Crippen LogP contribution is -2.34. The highest BCUT2D eigenvalue weighted by molar-refractivity contribution is 6.08. The third-order valence-corrected chi connectivity index (χ3v) is 7.88. The molecule has 0 saturated carbocycles. The van der Waals surface area contributed by atoms with Gasteiger partial charge in [-0.25, -0.2) is 0 Å². The first kappa shape index (κ1) is 20.7. The minimum absolute atomic E-state index is 0.542. The van der Waals surface area contributed by atoms with Crippen LogP contribution in [0.5, 0.6) is 17.2 Å². The lowest BCUT2D eigenvalue weighted by Gasteiger charge is -2.38. The van der Waals surface area contributed by atoms with Crippen molar-refractivity contribution in [2.24, 2.45) is 0 Å². The second-order valence-electron chi connectivity index (χ2n) is 9.85. The highest BCUT2D eigenvalue weighted by Gasteiger charge is 2.41. The number of benzene rings is 5. The van der Waals surface area contributed by atoms with Crippen LogP contribution in [0.25, 0.3) is 28.0 Å². The molecule has 5 aromatic rings. The van der Waals surface area contributed by atoms with Gasteiger partial charge in [0.25, 0.3) is 0 Å². The van der Waals surface area contributed by atoms with Crippen molar-refractivity contribution < 1.29 is 14.2 Å². The fourth-order valence-corrected chi connectivity index (χ4v) is 6.24. The molecule has 37 heavy (non-hydrogen) atoms. The van der Waals surface area contributed by atoms with Gasteiger partial charge in [-0.05, 0) is 46.7 Å². The second-order valence-corrected chi connectivity index (χ2v) is 9.85. The van der Waals surface area contributed by atoms with Gasteiger partial charge in [0, 0.05) is 27.6 Å². The predicted molar refractivity (Wildman–Crippen MR) is 147 cm³/mol. The third-order valence-electron chi connectivity index (χ3n) is 7.88. The van der Waals surface area contributed by atoms with Crippen LogP contribution in [0.1, 0.15) is 27.8 Å². The molecule has 0 bridgehead atoms. The zero-order valence-electron chi connectivity index (χ0n) is 20.2. The van der Waals surface area contributed by atoms with E-state index in [0.29, 0.717) is 13.2 Å². The molecule has 0 aromatic heterocycles. The molecule has 0 amide bonds. The van der Waals surface area contributed by atoms with E-state index in [1.807, 2.05) is 12.1 Å². The number of rotatable bonds is 2. The summed E-state index contributed by atoms with van der Waals surface area (Å²) in [4.78, 5) is 0. The molecule has 5 aromatic carbocycles. The smallest absolute Gasteiger partial charge is 0.178 e. The Morgan fingerprint density at radius 1 is 0.649 bits per heavy atom. The molecule has 1 aliphatic carbocycles. The van der Waals surface area contributed by atoms with E-state index in [-0.39, 0.29) is 0 Å². The summed E-state index contributed by atoms with van der Waals surface area (Å²) in [6.07, 6.45) is 5.31. The standard InChI is InChI=1S/C34H24O3/c1-3-10-23(11-4-1)34(24-12-5-2-6-13-24)18-17-27-31-26(15-16-29-33(31)36-20-19-35-29)28-21-22-9-7-8-14-25(22)30(28)32(27)37-34/h1-18H,19-21H2. The average Bonchev–Trinajstić information content (AvgIpc) is 3.38. The maximum atomic E-state index is 7.31. The summed E-state index contributed by atoms with van der Waals surface area (Å²) in [6, 6.07) is 33.9. The van der Waals surface area contributed by atoms with E-state index in [2.05, 4.69) is 97.1 Å². The Balaban J connectivity index is 1.48. The van der Waals surface area contributed by atoms with Crippen LogP contribution in [0.3, 0.4) is 0 Å². The van der Waals surface area contributed by atoms with Gasteiger partial charge >= 0.3 is 0 Å². The maximum Gasteiger partial charge on any atom is 0.178 e. The van der Waals surface area contributed by atoms with Gasteiger partial charge < -0.3 is 14.2 Å². The Morgan fingerprint density at radius 2 is 1.35 bits per heavy atom. The first-order valence-corrected chi connectivity index (χ1v) is 12.8. The van der Waals surface area contributed by atoms with E-state index >= 15 is 0 Å². The van der Waals surface area contributed by atoms with Crippen molar-refractivity contribution in [3.63, 3.8) is 0 Å². The van der Waals surface area contributed by atoms with Gasteiger partial charge in [-0.15, -0.1) is 0 Å². The third kappa shape index (κ3) is 2.88. The largest absolute Gasteiger partial charge is 0.486 e. The van der Waals surface area contributed by atoms with Gasteiger partial charge in [0.2, 0.25) is 0 Å². The normalized spacial score (nSPS) is 16.0. The SMILES string of the molecule is C1=CC(c2ccccc2)(c2ccccc2)Oc2c3c(c4ccc5c(c4c21)OCCO5)Cc1ccccc1-3. The molecule has 0 radical (unpaired) electrons. The monoisotopic (exact) mass is 480 g/mol.